The fraction of sp³-hybridized carbons (Fsp3) is 0.192. The van der Waals surface area contributed by atoms with Gasteiger partial charge < -0.3 is 10.1 Å². The molecule has 32 heavy (non-hydrogen) atoms. The number of fused-ring (bicyclic) bond motifs is 1. The van der Waals surface area contributed by atoms with Gasteiger partial charge in [0.2, 0.25) is 11.8 Å². The third-order valence-corrected chi connectivity index (χ3v) is 5.45. The lowest BCUT2D eigenvalue weighted by atomic mass is 9.99. The Balaban J connectivity index is 1.70. The highest BCUT2D eigenvalue weighted by Crippen LogP contribution is 2.30. The van der Waals surface area contributed by atoms with Gasteiger partial charge in [0.25, 0.3) is 0 Å². The zero-order valence-corrected chi connectivity index (χ0v) is 18.1. The number of benzodiazepines with no additional fused rings is 1. The van der Waals surface area contributed by atoms with Gasteiger partial charge in [-0.3, -0.25) is 19.5 Å². The number of methoxy groups -OCH3 is 1. The molecule has 1 aliphatic heterocycles. The zero-order chi connectivity index (χ0) is 22.5. The van der Waals surface area contributed by atoms with Gasteiger partial charge >= 0.3 is 0 Å². The molecule has 1 unspecified atom stereocenters. The molecule has 162 valence electrons. The zero-order valence-electron chi connectivity index (χ0n) is 18.1. The molecule has 6 heteroatoms. The molecule has 0 saturated heterocycles. The van der Waals surface area contributed by atoms with E-state index in [1.165, 1.54) is 0 Å². The van der Waals surface area contributed by atoms with E-state index in [4.69, 9.17) is 4.74 Å². The Bertz CT molecular complexity index is 1160. The number of hydrogen-bond donors (Lipinski definition) is 1. The molecule has 1 atom stereocenters. The molecule has 0 radical (unpaired) electrons. The summed E-state index contributed by atoms with van der Waals surface area (Å²) in [5.74, 6) is 0.177. The molecule has 0 aromatic heterocycles. The molecule has 6 nitrogen and oxygen atoms in total. The number of para-hydroxylation sites is 1. The van der Waals surface area contributed by atoms with Crippen LogP contribution >= 0.6 is 0 Å². The fourth-order valence-electron chi connectivity index (χ4n) is 3.92. The Morgan fingerprint density at radius 3 is 2.56 bits per heavy atom. The summed E-state index contributed by atoms with van der Waals surface area (Å²) in [6.45, 7) is 1.87. The van der Waals surface area contributed by atoms with E-state index in [0.717, 1.165) is 16.8 Å². The lowest BCUT2D eigenvalue weighted by Gasteiger charge is -2.30. The molecule has 1 heterocycles. The van der Waals surface area contributed by atoms with Crippen LogP contribution in [0.4, 0.5) is 11.4 Å². The van der Waals surface area contributed by atoms with E-state index in [9.17, 15) is 9.59 Å². The summed E-state index contributed by atoms with van der Waals surface area (Å²) in [5.41, 5.74) is 3.82. The number of rotatable bonds is 6. The van der Waals surface area contributed by atoms with Crippen LogP contribution in [0.5, 0.6) is 5.75 Å². The summed E-state index contributed by atoms with van der Waals surface area (Å²) in [4.78, 5) is 32.7. The topological polar surface area (TPSA) is 71.0 Å². The van der Waals surface area contributed by atoms with Crippen LogP contribution in [0.2, 0.25) is 0 Å². The van der Waals surface area contributed by atoms with E-state index in [0.29, 0.717) is 23.5 Å². The number of nitrogens with one attached hydrogen (secondary N) is 1. The number of ether oxygens (including phenoxy) is 1. The number of nitrogens with zero attached hydrogens (tertiary/aromatic N) is 2. The molecule has 0 aliphatic carbocycles. The Hall–Kier alpha value is -3.93. The van der Waals surface area contributed by atoms with E-state index in [1.54, 1.807) is 24.1 Å². The van der Waals surface area contributed by atoms with E-state index in [-0.39, 0.29) is 18.4 Å². The highest BCUT2D eigenvalue weighted by molar-refractivity contribution is 6.20. The van der Waals surface area contributed by atoms with E-state index in [2.05, 4.69) is 10.3 Å². The second-order valence-corrected chi connectivity index (χ2v) is 7.46. The predicted octanol–water partition coefficient (Wildman–Crippen LogP) is 4.30. The molecule has 1 aliphatic rings. The van der Waals surface area contributed by atoms with Crippen molar-refractivity contribution in [3.8, 4) is 5.75 Å². The quantitative estimate of drug-likeness (QED) is 0.638. The summed E-state index contributed by atoms with van der Waals surface area (Å²) in [7, 11) is 1.58. The molecule has 3 aromatic carbocycles. The molecular formula is C26H25N3O3. The standard InChI is InChI=1S/C26H25N3O3/c1-3-22(26(31)28-19-12-9-13-20(16-19)32-2)29-23-15-8-7-14-21(23)25(27-17-24(29)30)18-10-5-4-6-11-18/h4-16,22H,3,17H2,1-2H3,(H,28,31). The van der Waals surface area contributed by atoms with Crippen molar-refractivity contribution in [1.82, 2.24) is 0 Å². The Morgan fingerprint density at radius 2 is 1.81 bits per heavy atom. The van der Waals surface area contributed by atoms with Crippen LogP contribution < -0.4 is 15.0 Å². The van der Waals surface area contributed by atoms with Crippen molar-refractivity contribution in [2.45, 2.75) is 19.4 Å². The van der Waals surface area contributed by atoms with Crippen molar-refractivity contribution < 1.29 is 14.3 Å². The van der Waals surface area contributed by atoms with Crippen molar-refractivity contribution >= 4 is 28.9 Å². The first-order chi connectivity index (χ1) is 15.6. The normalized spacial score (nSPS) is 14.1. The van der Waals surface area contributed by atoms with Gasteiger partial charge in [0.1, 0.15) is 18.3 Å². The summed E-state index contributed by atoms with van der Waals surface area (Å²) in [6, 6.07) is 23.9. The highest BCUT2D eigenvalue weighted by Gasteiger charge is 2.33. The lowest BCUT2D eigenvalue weighted by molar-refractivity contribution is -0.123. The summed E-state index contributed by atoms with van der Waals surface area (Å²) < 4.78 is 5.24. The largest absolute Gasteiger partial charge is 0.497 e. The Labute approximate surface area is 187 Å². The average Bonchev–Trinajstić information content (AvgIpc) is 2.97. The molecule has 3 aromatic rings. The van der Waals surface area contributed by atoms with Gasteiger partial charge in [-0.25, -0.2) is 0 Å². The van der Waals surface area contributed by atoms with Crippen LogP contribution in [0.15, 0.2) is 83.9 Å². The maximum Gasteiger partial charge on any atom is 0.249 e. The Morgan fingerprint density at radius 1 is 1.06 bits per heavy atom. The van der Waals surface area contributed by atoms with Crippen LogP contribution in [-0.2, 0) is 9.59 Å². The number of carbonyl (C=O) groups excluding carboxylic acids is 2. The first-order valence-corrected chi connectivity index (χ1v) is 10.6. The third-order valence-electron chi connectivity index (χ3n) is 5.45. The molecule has 1 N–H and O–H groups in total. The van der Waals surface area contributed by atoms with E-state index >= 15 is 0 Å². The van der Waals surface area contributed by atoms with Gasteiger partial charge in [0, 0.05) is 22.9 Å². The number of hydrogen-bond acceptors (Lipinski definition) is 4. The number of anilines is 2. The van der Waals surface area contributed by atoms with E-state index < -0.39 is 6.04 Å². The number of aliphatic imine (C=N–C) groups is 1. The maximum absolute atomic E-state index is 13.3. The van der Waals surface area contributed by atoms with Crippen molar-refractivity contribution in [3.05, 3.63) is 90.0 Å². The molecular weight excluding hydrogens is 402 g/mol. The molecule has 4 rings (SSSR count). The van der Waals surface area contributed by atoms with Gasteiger partial charge in [-0.15, -0.1) is 0 Å². The summed E-state index contributed by atoms with van der Waals surface area (Å²) >= 11 is 0. The van der Waals surface area contributed by atoms with Gasteiger partial charge in [0.05, 0.1) is 18.5 Å². The lowest BCUT2D eigenvalue weighted by Crippen LogP contribution is -2.48. The highest BCUT2D eigenvalue weighted by atomic mass is 16.5. The minimum absolute atomic E-state index is 0.0259. The predicted molar refractivity (Wildman–Crippen MR) is 127 cm³/mol. The Kier molecular flexibility index (Phi) is 6.31. The molecule has 0 spiro atoms. The summed E-state index contributed by atoms with van der Waals surface area (Å²) in [6.07, 6.45) is 0.455. The minimum Gasteiger partial charge on any atom is -0.497 e. The molecule has 0 saturated carbocycles. The molecule has 0 bridgehead atoms. The SMILES string of the molecule is CCC(C(=O)Nc1cccc(OC)c1)N1C(=O)CN=C(c2ccccc2)c2ccccc21. The van der Waals surface area contributed by atoms with Gasteiger partial charge in [-0.1, -0.05) is 61.5 Å². The summed E-state index contributed by atoms with van der Waals surface area (Å²) in [5, 5.41) is 2.93. The van der Waals surface area contributed by atoms with Crippen molar-refractivity contribution in [1.29, 1.82) is 0 Å². The smallest absolute Gasteiger partial charge is 0.249 e. The van der Waals surface area contributed by atoms with Crippen LogP contribution in [0.25, 0.3) is 0 Å². The number of benzene rings is 3. The van der Waals surface area contributed by atoms with Crippen LogP contribution in [0.1, 0.15) is 24.5 Å². The van der Waals surface area contributed by atoms with Crippen molar-refractivity contribution in [2.24, 2.45) is 4.99 Å². The molecule has 0 fully saturated rings. The first-order valence-electron chi connectivity index (χ1n) is 10.6. The van der Waals surface area contributed by atoms with Gasteiger partial charge in [-0.2, -0.15) is 0 Å². The second-order valence-electron chi connectivity index (χ2n) is 7.46. The number of amides is 2. The van der Waals surface area contributed by atoms with Crippen LogP contribution in [0.3, 0.4) is 0 Å². The molecule has 2 amide bonds. The van der Waals surface area contributed by atoms with Crippen molar-refractivity contribution in [2.75, 3.05) is 23.9 Å². The van der Waals surface area contributed by atoms with Gasteiger partial charge in [-0.05, 0) is 24.6 Å². The second kappa shape index (κ2) is 9.47. The van der Waals surface area contributed by atoms with Gasteiger partial charge in [0.15, 0.2) is 0 Å². The fourth-order valence-corrected chi connectivity index (χ4v) is 3.92. The maximum atomic E-state index is 13.3. The first kappa shape index (κ1) is 21.3. The third kappa shape index (κ3) is 4.25. The van der Waals surface area contributed by atoms with E-state index in [1.807, 2.05) is 73.7 Å². The van der Waals surface area contributed by atoms with Crippen molar-refractivity contribution in [3.63, 3.8) is 0 Å². The minimum atomic E-state index is -0.680. The number of carbonyl (C=O) groups is 2. The monoisotopic (exact) mass is 427 g/mol. The van der Waals surface area contributed by atoms with Crippen LogP contribution in [-0.4, -0.2) is 37.2 Å². The average molecular weight is 428 g/mol. The van der Waals surface area contributed by atoms with Crippen LogP contribution in [0, 0.1) is 0 Å².